The Hall–Kier alpha value is 0.600. The van der Waals surface area contributed by atoms with E-state index in [1.54, 1.807) is 0 Å². The number of halogens is 1. The quantitative estimate of drug-likeness (QED) is 0.345. The third-order valence-electron chi connectivity index (χ3n) is 0.160. The van der Waals surface area contributed by atoms with Crippen molar-refractivity contribution in [3.05, 3.63) is 0 Å². The van der Waals surface area contributed by atoms with Gasteiger partial charge in [-0.1, -0.05) is 11.6 Å². The monoisotopic (exact) mass is 131 g/mol. The smallest absolute Gasteiger partial charge is 0.192 e. The highest BCUT2D eigenvalue weighted by atomic mass is 35.5. The summed E-state index contributed by atoms with van der Waals surface area (Å²) in [6.45, 7) is 0. The van der Waals surface area contributed by atoms with Crippen molar-refractivity contribution < 1.29 is 14.7 Å². The molecule has 0 saturated carbocycles. The number of hydrogen-bond donors (Lipinski definition) is 3. The molecule has 0 aliphatic rings. The SMILES string of the molecule is O[P+](O)(O)CCl. The molecule has 0 spiro atoms. The second kappa shape index (κ2) is 2.05. The number of alkyl halides is 1. The molecule has 0 radical (unpaired) electrons. The molecule has 0 bridgehead atoms. The van der Waals surface area contributed by atoms with E-state index < -0.39 is 13.6 Å². The van der Waals surface area contributed by atoms with Crippen molar-refractivity contribution in [2.75, 3.05) is 5.62 Å². The predicted octanol–water partition coefficient (Wildman–Crippen LogP) is -0.0778. The molecule has 0 fully saturated rings. The first-order chi connectivity index (χ1) is 2.56. The Morgan fingerprint density at radius 3 is 1.50 bits per heavy atom. The summed E-state index contributed by atoms with van der Waals surface area (Å²) in [6, 6.07) is 0. The largest absolute Gasteiger partial charge is 0.419 e. The molecule has 0 amide bonds. The summed E-state index contributed by atoms with van der Waals surface area (Å²) in [5.74, 6) is 0. The van der Waals surface area contributed by atoms with Crippen molar-refractivity contribution in [3.63, 3.8) is 0 Å². The molecule has 0 aromatic rings. The summed E-state index contributed by atoms with van der Waals surface area (Å²) in [5.41, 5.74) is -0.479. The van der Waals surface area contributed by atoms with Crippen LogP contribution < -0.4 is 0 Å². The molecule has 0 atom stereocenters. The van der Waals surface area contributed by atoms with E-state index in [1.807, 2.05) is 0 Å². The van der Waals surface area contributed by atoms with E-state index in [0.717, 1.165) is 0 Å². The maximum atomic E-state index is 7.92. The standard InChI is InChI=1S/CH5ClO3P/c2-1-6(3,4)5/h3-5H,1H2/q+1. The molecule has 0 unspecified atom stereocenters. The summed E-state index contributed by atoms with van der Waals surface area (Å²) >= 11 is 4.78. The van der Waals surface area contributed by atoms with Crippen LogP contribution in [0.2, 0.25) is 0 Å². The molecule has 38 valence electrons. The Kier molecular flexibility index (Phi) is 2.26. The average molecular weight is 131 g/mol. The van der Waals surface area contributed by atoms with Crippen LogP contribution in [0.25, 0.3) is 0 Å². The summed E-state index contributed by atoms with van der Waals surface area (Å²) in [5, 5.41) is 0. The van der Waals surface area contributed by atoms with Crippen LogP contribution in [-0.4, -0.2) is 20.3 Å². The molecule has 3 N–H and O–H groups in total. The van der Waals surface area contributed by atoms with Crippen LogP contribution in [0.5, 0.6) is 0 Å². The van der Waals surface area contributed by atoms with E-state index in [4.69, 9.17) is 26.3 Å². The second-order valence-corrected chi connectivity index (χ2v) is 3.15. The minimum Gasteiger partial charge on any atom is -0.192 e. The van der Waals surface area contributed by atoms with Gasteiger partial charge in [0.2, 0.25) is 5.62 Å². The van der Waals surface area contributed by atoms with E-state index in [0.29, 0.717) is 0 Å². The van der Waals surface area contributed by atoms with Gasteiger partial charge in [0.05, 0.1) is 0 Å². The lowest BCUT2D eigenvalue weighted by Crippen LogP contribution is -1.85. The lowest BCUT2D eigenvalue weighted by Gasteiger charge is -1.93. The first kappa shape index (κ1) is 6.60. The lowest BCUT2D eigenvalue weighted by atomic mass is 11.9. The first-order valence-electron chi connectivity index (χ1n) is 1.18. The van der Waals surface area contributed by atoms with E-state index in [9.17, 15) is 0 Å². The molecule has 0 rings (SSSR count). The zero-order valence-electron chi connectivity index (χ0n) is 2.87. The Morgan fingerprint density at radius 2 is 1.50 bits per heavy atom. The van der Waals surface area contributed by atoms with Crippen LogP contribution in [0.4, 0.5) is 0 Å². The third kappa shape index (κ3) is 4.60. The minimum absolute atomic E-state index is 0.479. The van der Waals surface area contributed by atoms with Crippen LogP contribution >= 0.6 is 19.5 Å². The second-order valence-electron chi connectivity index (χ2n) is 0.812. The Labute approximate surface area is 40.8 Å². The van der Waals surface area contributed by atoms with Gasteiger partial charge in [-0.3, -0.25) is 0 Å². The van der Waals surface area contributed by atoms with Gasteiger partial charge in [0.1, 0.15) is 0 Å². The molecule has 3 nitrogen and oxygen atoms in total. The molecule has 0 aromatic carbocycles. The van der Waals surface area contributed by atoms with Gasteiger partial charge in [0.15, 0.2) is 0 Å². The maximum absolute atomic E-state index is 7.92. The van der Waals surface area contributed by atoms with Crippen molar-refractivity contribution in [1.82, 2.24) is 0 Å². The minimum atomic E-state index is -3.63. The molecule has 6 heavy (non-hydrogen) atoms. The molecule has 0 aliphatic carbocycles. The molecule has 5 heteroatoms. The van der Waals surface area contributed by atoms with Gasteiger partial charge in [-0.25, -0.2) is 0 Å². The van der Waals surface area contributed by atoms with Crippen molar-refractivity contribution >= 4 is 19.5 Å². The van der Waals surface area contributed by atoms with Crippen molar-refractivity contribution in [2.45, 2.75) is 0 Å². The van der Waals surface area contributed by atoms with E-state index in [2.05, 4.69) is 0 Å². The van der Waals surface area contributed by atoms with Crippen molar-refractivity contribution in [1.29, 1.82) is 0 Å². The molecule has 0 aromatic heterocycles. The summed E-state index contributed by atoms with van der Waals surface area (Å²) < 4.78 is 0. The number of hydrogen-bond acceptors (Lipinski definition) is 3. The van der Waals surface area contributed by atoms with Gasteiger partial charge < -0.3 is 0 Å². The fourth-order valence-electron chi connectivity index (χ4n) is 0. The van der Waals surface area contributed by atoms with Gasteiger partial charge in [-0.2, -0.15) is 14.7 Å². The average Bonchev–Trinajstić information content (AvgIpc) is 1.35. The summed E-state index contributed by atoms with van der Waals surface area (Å²) in [7, 11) is -3.63. The lowest BCUT2D eigenvalue weighted by molar-refractivity contribution is 0.337. The molecule has 0 aliphatic heterocycles. The normalized spacial score (nSPS) is 12.0. The van der Waals surface area contributed by atoms with Gasteiger partial charge in [-0.15, -0.1) is 0 Å². The highest BCUT2D eigenvalue weighted by Gasteiger charge is 2.26. The van der Waals surface area contributed by atoms with E-state index >= 15 is 0 Å². The molecular formula is CH5ClO3P+. The van der Waals surface area contributed by atoms with Crippen LogP contribution in [0.1, 0.15) is 0 Å². The Bertz CT molecular complexity index is 40.5. The van der Waals surface area contributed by atoms with E-state index in [1.165, 1.54) is 0 Å². The molecule has 0 heterocycles. The predicted molar refractivity (Wildman–Crippen MR) is 24.3 cm³/mol. The van der Waals surface area contributed by atoms with Crippen molar-refractivity contribution in [3.8, 4) is 0 Å². The topological polar surface area (TPSA) is 60.7 Å². The van der Waals surface area contributed by atoms with Crippen LogP contribution in [0.3, 0.4) is 0 Å². The fourth-order valence-corrected chi connectivity index (χ4v) is 0. The zero-order chi connectivity index (χ0) is 5.21. The van der Waals surface area contributed by atoms with Gasteiger partial charge in [0, 0.05) is 0 Å². The molecular weight excluding hydrogens is 126 g/mol. The highest BCUT2D eigenvalue weighted by molar-refractivity contribution is 7.60. The van der Waals surface area contributed by atoms with Crippen molar-refractivity contribution in [2.24, 2.45) is 0 Å². The first-order valence-corrected chi connectivity index (χ1v) is 3.55. The van der Waals surface area contributed by atoms with Gasteiger partial charge in [-0.05, 0) is 0 Å². The zero-order valence-corrected chi connectivity index (χ0v) is 4.52. The van der Waals surface area contributed by atoms with Crippen LogP contribution in [-0.2, 0) is 0 Å². The van der Waals surface area contributed by atoms with Gasteiger partial charge >= 0.3 is 7.94 Å². The fraction of sp³-hybridized carbons (Fsp3) is 1.00. The highest BCUT2D eigenvalue weighted by Crippen LogP contribution is 2.44. The molecule has 0 saturated heterocycles. The third-order valence-corrected chi connectivity index (χ3v) is 1.44. The van der Waals surface area contributed by atoms with E-state index in [-0.39, 0.29) is 0 Å². The Morgan fingerprint density at radius 1 is 1.33 bits per heavy atom. The van der Waals surface area contributed by atoms with Gasteiger partial charge in [0.25, 0.3) is 0 Å². The van der Waals surface area contributed by atoms with Crippen LogP contribution in [0.15, 0.2) is 0 Å². The summed E-state index contributed by atoms with van der Waals surface area (Å²) in [4.78, 5) is 23.8. The number of rotatable bonds is 1. The summed E-state index contributed by atoms with van der Waals surface area (Å²) in [6.07, 6.45) is 0. The maximum Gasteiger partial charge on any atom is 0.419 e. The van der Waals surface area contributed by atoms with Crippen LogP contribution in [0, 0.1) is 0 Å². The Balaban J connectivity index is 3.17.